The first-order valence-corrected chi connectivity index (χ1v) is 9.46. The lowest BCUT2D eigenvalue weighted by Gasteiger charge is -2.39. The third-order valence-corrected chi connectivity index (χ3v) is 6.14. The van der Waals surface area contributed by atoms with Crippen LogP contribution in [-0.4, -0.2) is 36.0 Å². The molecule has 0 spiro atoms. The van der Waals surface area contributed by atoms with Gasteiger partial charge in [-0.3, -0.25) is 4.79 Å². The number of nitrogens with zero attached hydrogens (tertiary/aromatic N) is 1. The fraction of sp³-hybridized carbons (Fsp3) is 0.571. The fourth-order valence-corrected chi connectivity index (χ4v) is 4.72. The molecule has 2 unspecified atom stereocenters. The molecular formula is C21H27FN2O. The number of halogens is 1. The molecule has 3 aliphatic rings. The zero-order valence-electron chi connectivity index (χ0n) is 15.1. The highest BCUT2D eigenvalue weighted by atomic mass is 19.1. The highest BCUT2D eigenvalue weighted by Gasteiger charge is 2.42. The molecule has 2 saturated heterocycles. The lowest BCUT2D eigenvalue weighted by atomic mass is 9.72. The highest BCUT2D eigenvalue weighted by Crippen LogP contribution is 2.44. The molecule has 1 aromatic rings. The first-order valence-electron chi connectivity index (χ1n) is 9.46. The number of carbonyl (C=O) groups is 1. The van der Waals surface area contributed by atoms with Crippen molar-refractivity contribution in [3.8, 4) is 0 Å². The molecule has 3 nitrogen and oxygen atoms in total. The maximum Gasteiger partial charge on any atom is 0.250 e. The molecule has 2 heterocycles. The van der Waals surface area contributed by atoms with Crippen LogP contribution < -0.4 is 5.32 Å². The van der Waals surface area contributed by atoms with Crippen LogP contribution in [0, 0.1) is 11.2 Å². The SMILES string of the molecule is CC1(C)CCC(C(=O)N2C3CCC2CNC3)=C(c2ccc(F)cc2)C1. The van der Waals surface area contributed by atoms with Crippen LogP contribution in [0.5, 0.6) is 0 Å². The topological polar surface area (TPSA) is 32.3 Å². The summed E-state index contributed by atoms with van der Waals surface area (Å²) in [6, 6.07) is 7.32. The van der Waals surface area contributed by atoms with Crippen molar-refractivity contribution in [3.63, 3.8) is 0 Å². The van der Waals surface area contributed by atoms with Crippen LogP contribution >= 0.6 is 0 Å². The number of benzene rings is 1. The van der Waals surface area contributed by atoms with Crippen molar-refractivity contribution >= 4 is 11.5 Å². The number of fused-ring (bicyclic) bond motifs is 2. The van der Waals surface area contributed by atoms with Crippen LogP contribution in [0.25, 0.3) is 5.57 Å². The molecular weight excluding hydrogens is 315 g/mol. The average molecular weight is 342 g/mol. The van der Waals surface area contributed by atoms with E-state index in [2.05, 4.69) is 24.1 Å². The van der Waals surface area contributed by atoms with E-state index in [0.717, 1.165) is 61.9 Å². The minimum atomic E-state index is -0.229. The summed E-state index contributed by atoms with van der Waals surface area (Å²) in [4.78, 5) is 15.6. The first kappa shape index (κ1) is 16.8. The number of hydrogen-bond donors (Lipinski definition) is 1. The third kappa shape index (κ3) is 3.12. The van der Waals surface area contributed by atoms with E-state index in [0.29, 0.717) is 12.1 Å². The summed E-state index contributed by atoms with van der Waals surface area (Å²) in [5.74, 6) is -0.00345. The predicted molar refractivity (Wildman–Crippen MR) is 97.5 cm³/mol. The Hall–Kier alpha value is -1.68. The van der Waals surface area contributed by atoms with Gasteiger partial charge in [-0.25, -0.2) is 4.39 Å². The van der Waals surface area contributed by atoms with Crippen molar-refractivity contribution in [2.45, 2.75) is 58.0 Å². The van der Waals surface area contributed by atoms with E-state index in [-0.39, 0.29) is 17.1 Å². The molecule has 0 radical (unpaired) electrons. The van der Waals surface area contributed by atoms with Gasteiger partial charge in [0, 0.05) is 30.7 Å². The summed E-state index contributed by atoms with van der Waals surface area (Å²) < 4.78 is 13.4. The Kier molecular flexibility index (Phi) is 4.19. The second-order valence-corrected chi connectivity index (χ2v) is 8.56. The molecule has 0 saturated carbocycles. The number of nitrogens with one attached hydrogen (secondary N) is 1. The standard InChI is InChI=1S/C21H27FN2O/c1-21(2)10-9-18(19(11-21)14-3-5-15(22)6-4-14)20(25)24-16-7-8-17(24)13-23-12-16/h3-6,16-17,23H,7-13H2,1-2H3. The lowest BCUT2D eigenvalue weighted by molar-refractivity contribution is -0.131. The van der Waals surface area contributed by atoms with Crippen molar-refractivity contribution < 1.29 is 9.18 Å². The molecule has 2 bridgehead atoms. The number of allylic oxidation sites excluding steroid dienone is 1. The van der Waals surface area contributed by atoms with Gasteiger partial charge >= 0.3 is 0 Å². The van der Waals surface area contributed by atoms with Gasteiger partial charge in [-0.1, -0.05) is 26.0 Å². The van der Waals surface area contributed by atoms with Gasteiger partial charge in [0.05, 0.1) is 0 Å². The quantitative estimate of drug-likeness (QED) is 0.888. The van der Waals surface area contributed by atoms with Crippen LogP contribution in [0.2, 0.25) is 0 Å². The Morgan fingerprint density at radius 1 is 1.16 bits per heavy atom. The second kappa shape index (κ2) is 6.24. The number of piperazine rings is 1. The molecule has 1 amide bonds. The van der Waals surface area contributed by atoms with E-state index in [1.807, 2.05) is 12.1 Å². The van der Waals surface area contributed by atoms with Crippen LogP contribution in [0.4, 0.5) is 4.39 Å². The molecule has 1 N–H and O–H groups in total. The van der Waals surface area contributed by atoms with Crippen molar-refractivity contribution in [3.05, 3.63) is 41.2 Å². The molecule has 2 atom stereocenters. The number of carbonyl (C=O) groups excluding carboxylic acids is 1. The van der Waals surface area contributed by atoms with E-state index >= 15 is 0 Å². The van der Waals surface area contributed by atoms with Gasteiger partial charge in [-0.05, 0) is 60.8 Å². The average Bonchev–Trinajstić information content (AvgIpc) is 2.83. The lowest BCUT2D eigenvalue weighted by Crippen LogP contribution is -2.54. The smallest absolute Gasteiger partial charge is 0.250 e. The monoisotopic (exact) mass is 342 g/mol. The molecule has 4 heteroatoms. The Morgan fingerprint density at radius 3 is 2.44 bits per heavy atom. The van der Waals surface area contributed by atoms with Crippen molar-refractivity contribution in [1.82, 2.24) is 10.2 Å². The molecule has 0 aromatic heterocycles. The minimum Gasteiger partial charge on any atom is -0.330 e. The minimum absolute atomic E-state index is 0.177. The van der Waals surface area contributed by atoms with Crippen LogP contribution in [0.15, 0.2) is 29.8 Å². The zero-order chi connectivity index (χ0) is 17.6. The maximum absolute atomic E-state index is 13.4. The summed E-state index contributed by atoms with van der Waals surface area (Å²) in [5, 5.41) is 3.45. The molecule has 134 valence electrons. The van der Waals surface area contributed by atoms with E-state index in [1.54, 1.807) is 0 Å². The van der Waals surface area contributed by atoms with Crippen LogP contribution in [-0.2, 0) is 4.79 Å². The van der Waals surface area contributed by atoms with Gasteiger partial charge < -0.3 is 10.2 Å². The van der Waals surface area contributed by atoms with E-state index in [4.69, 9.17) is 0 Å². The van der Waals surface area contributed by atoms with Gasteiger partial charge in [-0.15, -0.1) is 0 Å². The van der Waals surface area contributed by atoms with Crippen molar-refractivity contribution in [2.75, 3.05) is 13.1 Å². The largest absolute Gasteiger partial charge is 0.330 e. The molecule has 2 fully saturated rings. The Morgan fingerprint density at radius 2 is 1.80 bits per heavy atom. The first-order chi connectivity index (χ1) is 11.9. The summed E-state index contributed by atoms with van der Waals surface area (Å²) in [6.45, 7) is 6.33. The maximum atomic E-state index is 13.4. The highest BCUT2D eigenvalue weighted by molar-refractivity contribution is 6.02. The molecule has 1 aliphatic carbocycles. The van der Waals surface area contributed by atoms with Gasteiger partial charge in [-0.2, -0.15) is 0 Å². The third-order valence-electron chi connectivity index (χ3n) is 6.14. The Bertz CT molecular complexity index is 691. The van der Waals surface area contributed by atoms with Crippen molar-refractivity contribution in [2.24, 2.45) is 5.41 Å². The summed E-state index contributed by atoms with van der Waals surface area (Å²) >= 11 is 0. The van der Waals surface area contributed by atoms with Crippen molar-refractivity contribution in [1.29, 1.82) is 0 Å². The second-order valence-electron chi connectivity index (χ2n) is 8.56. The summed E-state index contributed by atoms with van der Waals surface area (Å²) in [7, 11) is 0. The van der Waals surface area contributed by atoms with Gasteiger partial charge in [0.25, 0.3) is 5.91 Å². The zero-order valence-corrected chi connectivity index (χ0v) is 15.1. The van der Waals surface area contributed by atoms with E-state index in [1.165, 1.54) is 12.1 Å². The van der Waals surface area contributed by atoms with Crippen LogP contribution in [0.1, 0.15) is 51.5 Å². The van der Waals surface area contributed by atoms with E-state index < -0.39 is 0 Å². The molecule has 1 aromatic carbocycles. The van der Waals surface area contributed by atoms with Crippen LogP contribution in [0.3, 0.4) is 0 Å². The number of amides is 1. The van der Waals surface area contributed by atoms with Gasteiger partial charge in [0.15, 0.2) is 0 Å². The Labute approximate surface area is 149 Å². The normalized spacial score (nSPS) is 28.4. The van der Waals surface area contributed by atoms with Gasteiger partial charge in [0.2, 0.25) is 0 Å². The summed E-state index contributed by atoms with van der Waals surface area (Å²) in [6.07, 6.45) is 4.94. The Balaban J connectivity index is 1.72. The van der Waals surface area contributed by atoms with E-state index in [9.17, 15) is 9.18 Å². The summed E-state index contributed by atoms with van der Waals surface area (Å²) in [5.41, 5.74) is 3.26. The van der Waals surface area contributed by atoms with Gasteiger partial charge in [0.1, 0.15) is 5.82 Å². The predicted octanol–water partition coefficient (Wildman–Crippen LogP) is 3.75. The fourth-order valence-electron chi connectivity index (χ4n) is 4.72. The molecule has 4 rings (SSSR count). The molecule has 2 aliphatic heterocycles. The molecule has 25 heavy (non-hydrogen) atoms. The number of rotatable bonds is 2. The number of hydrogen-bond acceptors (Lipinski definition) is 2.